The summed E-state index contributed by atoms with van der Waals surface area (Å²) in [4.78, 5) is 0. The van der Waals surface area contributed by atoms with Gasteiger partial charge in [0.05, 0.1) is 5.75 Å². The molecule has 1 fully saturated rings. The number of hydrogen-bond donors (Lipinski definition) is 2. The molecule has 0 saturated heterocycles. The highest BCUT2D eigenvalue weighted by molar-refractivity contribution is 7.89. The van der Waals surface area contributed by atoms with Gasteiger partial charge in [-0.3, -0.25) is 0 Å². The summed E-state index contributed by atoms with van der Waals surface area (Å²) in [5.74, 6) is 0.789. The zero-order valence-corrected chi connectivity index (χ0v) is 11.7. The predicted molar refractivity (Wildman–Crippen MR) is 69.2 cm³/mol. The van der Waals surface area contributed by atoms with E-state index in [-0.39, 0.29) is 24.3 Å². The second-order valence-electron chi connectivity index (χ2n) is 5.41. The van der Waals surface area contributed by atoms with Crippen molar-refractivity contribution in [3.05, 3.63) is 0 Å². The maximum atomic E-state index is 12.0. The van der Waals surface area contributed by atoms with E-state index in [9.17, 15) is 8.42 Å². The van der Waals surface area contributed by atoms with Crippen LogP contribution in [0.4, 0.5) is 0 Å². The lowest BCUT2D eigenvalue weighted by Crippen LogP contribution is -2.41. The first-order valence-corrected chi connectivity index (χ1v) is 8.20. The van der Waals surface area contributed by atoms with E-state index in [0.717, 1.165) is 25.7 Å². The molecule has 0 amide bonds. The second-order valence-corrected chi connectivity index (χ2v) is 7.21. The highest BCUT2D eigenvalue weighted by Gasteiger charge is 2.25. The number of sulfonamides is 1. The topological polar surface area (TPSA) is 66.4 Å². The molecule has 0 aromatic rings. The standard InChI is InChI=1S/C12H25NO3S/c1-10(2)12(7-8-14)13-17(15,16)9-11-5-3-4-6-11/h10-14H,3-9H2,1-2H3. The van der Waals surface area contributed by atoms with E-state index < -0.39 is 10.0 Å². The van der Waals surface area contributed by atoms with Crippen LogP contribution in [0.1, 0.15) is 46.0 Å². The Hall–Kier alpha value is -0.130. The van der Waals surface area contributed by atoms with Crippen LogP contribution in [0.3, 0.4) is 0 Å². The summed E-state index contributed by atoms with van der Waals surface area (Å²) in [6, 6.07) is -0.147. The van der Waals surface area contributed by atoms with Crippen LogP contribution in [0.5, 0.6) is 0 Å². The van der Waals surface area contributed by atoms with Gasteiger partial charge in [0.15, 0.2) is 0 Å². The smallest absolute Gasteiger partial charge is 0.212 e. The minimum absolute atomic E-state index is 0.0226. The summed E-state index contributed by atoms with van der Waals surface area (Å²) < 4.78 is 26.7. The van der Waals surface area contributed by atoms with Gasteiger partial charge in [-0.25, -0.2) is 13.1 Å². The van der Waals surface area contributed by atoms with Gasteiger partial charge in [-0.2, -0.15) is 0 Å². The number of nitrogens with one attached hydrogen (secondary N) is 1. The molecule has 4 nitrogen and oxygen atoms in total. The van der Waals surface area contributed by atoms with Crippen molar-refractivity contribution in [3.63, 3.8) is 0 Å². The first kappa shape index (κ1) is 14.9. The fourth-order valence-electron chi connectivity index (χ4n) is 2.43. The summed E-state index contributed by atoms with van der Waals surface area (Å²) >= 11 is 0. The molecule has 1 aliphatic rings. The van der Waals surface area contributed by atoms with Gasteiger partial charge in [0, 0.05) is 12.6 Å². The van der Waals surface area contributed by atoms with Crippen molar-refractivity contribution < 1.29 is 13.5 Å². The number of hydrogen-bond acceptors (Lipinski definition) is 3. The molecular formula is C12H25NO3S. The van der Waals surface area contributed by atoms with E-state index in [1.807, 2.05) is 13.8 Å². The molecule has 2 N–H and O–H groups in total. The van der Waals surface area contributed by atoms with Gasteiger partial charge in [0.1, 0.15) is 0 Å². The normalized spacial score (nSPS) is 20.0. The molecule has 0 aromatic carbocycles. The molecule has 0 aliphatic heterocycles. The van der Waals surface area contributed by atoms with Crippen LogP contribution in [0, 0.1) is 11.8 Å². The van der Waals surface area contributed by atoms with Crippen LogP contribution < -0.4 is 4.72 Å². The highest BCUT2D eigenvalue weighted by atomic mass is 32.2. The van der Waals surface area contributed by atoms with E-state index >= 15 is 0 Å². The Kier molecular flexibility index (Phi) is 5.89. The van der Waals surface area contributed by atoms with Crippen LogP contribution in [0.15, 0.2) is 0 Å². The van der Waals surface area contributed by atoms with E-state index in [4.69, 9.17) is 5.11 Å². The Labute approximate surface area is 105 Å². The molecule has 5 heteroatoms. The van der Waals surface area contributed by atoms with E-state index in [0.29, 0.717) is 12.3 Å². The Balaban J connectivity index is 2.50. The van der Waals surface area contributed by atoms with Crippen molar-refractivity contribution in [2.45, 2.75) is 52.0 Å². The lowest BCUT2D eigenvalue weighted by molar-refractivity contribution is 0.255. The number of aliphatic hydroxyl groups excluding tert-OH is 1. The van der Waals surface area contributed by atoms with Crippen LogP contribution in [-0.4, -0.2) is 31.9 Å². The second kappa shape index (κ2) is 6.71. The van der Waals surface area contributed by atoms with Gasteiger partial charge in [-0.15, -0.1) is 0 Å². The molecule has 1 saturated carbocycles. The summed E-state index contributed by atoms with van der Waals surface area (Å²) in [6.07, 6.45) is 4.87. The van der Waals surface area contributed by atoms with E-state index in [1.54, 1.807) is 0 Å². The third-order valence-corrected chi connectivity index (χ3v) is 5.08. The molecule has 0 bridgehead atoms. The maximum absolute atomic E-state index is 12.0. The van der Waals surface area contributed by atoms with E-state index in [1.165, 1.54) is 0 Å². The van der Waals surface area contributed by atoms with Crippen molar-refractivity contribution in [2.75, 3.05) is 12.4 Å². The molecule has 17 heavy (non-hydrogen) atoms. The molecule has 1 aliphatic carbocycles. The average molecular weight is 263 g/mol. The Morgan fingerprint density at radius 2 is 1.88 bits per heavy atom. The van der Waals surface area contributed by atoms with Gasteiger partial charge in [0.2, 0.25) is 10.0 Å². The first-order valence-electron chi connectivity index (χ1n) is 6.55. The summed E-state index contributed by atoms with van der Waals surface area (Å²) in [6.45, 7) is 3.96. The van der Waals surface area contributed by atoms with Gasteiger partial charge in [0.25, 0.3) is 0 Å². The lowest BCUT2D eigenvalue weighted by atomic mass is 10.0. The molecule has 0 aromatic heterocycles. The van der Waals surface area contributed by atoms with Crippen LogP contribution >= 0.6 is 0 Å². The van der Waals surface area contributed by atoms with Gasteiger partial charge < -0.3 is 5.11 Å². The summed E-state index contributed by atoms with van der Waals surface area (Å²) in [5, 5.41) is 8.93. The number of aliphatic hydroxyl groups is 1. The van der Waals surface area contributed by atoms with Gasteiger partial charge in [-0.1, -0.05) is 26.7 Å². The lowest BCUT2D eigenvalue weighted by Gasteiger charge is -2.22. The van der Waals surface area contributed by atoms with Crippen molar-refractivity contribution in [2.24, 2.45) is 11.8 Å². The minimum atomic E-state index is -3.19. The average Bonchev–Trinajstić information content (AvgIpc) is 2.68. The highest BCUT2D eigenvalue weighted by Crippen LogP contribution is 2.26. The van der Waals surface area contributed by atoms with E-state index in [2.05, 4.69) is 4.72 Å². The van der Waals surface area contributed by atoms with Crippen LogP contribution in [0.2, 0.25) is 0 Å². The Bertz CT molecular complexity index is 308. The largest absolute Gasteiger partial charge is 0.396 e. The Morgan fingerprint density at radius 1 is 1.29 bits per heavy atom. The minimum Gasteiger partial charge on any atom is -0.396 e. The number of rotatable bonds is 7. The van der Waals surface area contributed by atoms with Crippen molar-refractivity contribution in [3.8, 4) is 0 Å². The zero-order valence-electron chi connectivity index (χ0n) is 10.9. The predicted octanol–water partition coefficient (Wildman–Crippen LogP) is 1.50. The van der Waals surface area contributed by atoms with Crippen molar-refractivity contribution in [1.82, 2.24) is 4.72 Å². The summed E-state index contributed by atoms with van der Waals surface area (Å²) in [5.41, 5.74) is 0. The molecule has 0 heterocycles. The van der Waals surface area contributed by atoms with Crippen molar-refractivity contribution >= 4 is 10.0 Å². The maximum Gasteiger partial charge on any atom is 0.212 e. The molecule has 102 valence electrons. The first-order chi connectivity index (χ1) is 7.94. The quantitative estimate of drug-likeness (QED) is 0.731. The SMILES string of the molecule is CC(C)C(CCO)NS(=O)(=O)CC1CCCC1. The van der Waals surface area contributed by atoms with Gasteiger partial charge in [-0.05, 0) is 31.1 Å². The van der Waals surface area contributed by atoms with Crippen LogP contribution in [-0.2, 0) is 10.0 Å². The molecule has 0 radical (unpaired) electrons. The monoisotopic (exact) mass is 263 g/mol. The molecule has 1 atom stereocenters. The fourth-order valence-corrected chi connectivity index (χ4v) is 4.33. The zero-order chi connectivity index (χ0) is 12.9. The molecule has 1 rings (SSSR count). The molecule has 0 spiro atoms. The Morgan fingerprint density at radius 3 is 2.35 bits per heavy atom. The van der Waals surface area contributed by atoms with Crippen LogP contribution in [0.25, 0.3) is 0 Å². The molecule has 1 unspecified atom stereocenters. The third kappa shape index (κ3) is 5.36. The third-order valence-electron chi connectivity index (χ3n) is 3.51. The molecular weight excluding hydrogens is 238 g/mol. The fraction of sp³-hybridized carbons (Fsp3) is 1.00. The summed E-state index contributed by atoms with van der Waals surface area (Å²) in [7, 11) is -3.19. The van der Waals surface area contributed by atoms with Gasteiger partial charge >= 0.3 is 0 Å². The van der Waals surface area contributed by atoms with Crippen molar-refractivity contribution in [1.29, 1.82) is 0 Å².